The van der Waals surface area contributed by atoms with Crippen LogP contribution in [0.15, 0.2) is 34.9 Å². The van der Waals surface area contributed by atoms with Gasteiger partial charge in [-0.3, -0.25) is 0 Å². The summed E-state index contributed by atoms with van der Waals surface area (Å²) in [6, 6.07) is 10.1. The molecule has 0 saturated carbocycles. The number of fused-ring (bicyclic) bond motifs is 1. The van der Waals surface area contributed by atoms with E-state index in [1.165, 1.54) is 0 Å². The van der Waals surface area contributed by atoms with Crippen molar-refractivity contribution in [1.82, 2.24) is 30.2 Å². The molecule has 0 bridgehead atoms. The molecule has 1 aliphatic heterocycles. The SMILES string of the molecule is Cc1nc2n(n1)C[C@H](NCc1noc(-c3ccccc3)n1)CC2. The van der Waals surface area contributed by atoms with Crippen molar-refractivity contribution in [3.8, 4) is 11.5 Å². The topological polar surface area (TPSA) is 81.7 Å². The van der Waals surface area contributed by atoms with Crippen LogP contribution in [0, 0.1) is 6.92 Å². The monoisotopic (exact) mass is 310 g/mol. The first-order valence-corrected chi connectivity index (χ1v) is 7.79. The standard InChI is InChI=1S/C16H18N6O/c1-11-18-15-8-7-13(10-22(15)20-11)17-9-14-19-16(23-21-14)12-5-3-2-4-6-12/h2-6,13,17H,7-10H2,1H3/t13-/m1/s1. The highest BCUT2D eigenvalue weighted by Gasteiger charge is 2.21. The summed E-state index contributed by atoms with van der Waals surface area (Å²) in [5, 5.41) is 11.9. The molecule has 0 radical (unpaired) electrons. The van der Waals surface area contributed by atoms with Gasteiger partial charge in [-0.1, -0.05) is 23.4 Å². The van der Waals surface area contributed by atoms with E-state index in [1.807, 2.05) is 41.9 Å². The molecule has 0 spiro atoms. The smallest absolute Gasteiger partial charge is 0.257 e. The lowest BCUT2D eigenvalue weighted by Gasteiger charge is -2.22. The van der Waals surface area contributed by atoms with E-state index in [9.17, 15) is 0 Å². The number of nitrogens with one attached hydrogen (secondary N) is 1. The van der Waals surface area contributed by atoms with Crippen molar-refractivity contribution in [2.24, 2.45) is 0 Å². The van der Waals surface area contributed by atoms with Crippen molar-refractivity contribution in [1.29, 1.82) is 0 Å². The molecule has 1 atom stereocenters. The number of benzene rings is 1. The van der Waals surface area contributed by atoms with Crippen LogP contribution in [0.3, 0.4) is 0 Å². The van der Waals surface area contributed by atoms with E-state index in [-0.39, 0.29) is 0 Å². The van der Waals surface area contributed by atoms with Crippen LogP contribution >= 0.6 is 0 Å². The van der Waals surface area contributed by atoms with E-state index >= 15 is 0 Å². The molecule has 23 heavy (non-hydrogen) atoms. The molecule has 0 fully saturated rings. The first-order chi connectivity index (χ1) is 11.3. The molecule has 2 aromatic heterocycles. The molecule has 0 saturated heterocycles. The minimum absolute atomic E-state index is 0.349. The fourth-order valence-electron chi connectivity index (χ4n) is 2.86. The Bertz CT molecular complexity index is 794. The van der Waals surface area contributed by atoms with Crippen molar-refractivity contribution < 1.29 is 4.52 Å². The summed E-state index contributed by atoms with van der Waals surface area (Å²) in [6.45, 7) is 3.35. The molecular weight excluding hydrogens is 292 g/mol. The van der Waals surface area contributed by atoms with E-state index in [2.05, 4.69) is 25.5 Å². The fraction of sp³-hybridized carbons (Fsp3) is 0.375. The Labute approximate surface area is 133 Å². The summed E-state index contributed by atoms with van der Waals surface area (Å²) in [5.41, 5.74) is 0.937. The van der Waals surface area contributed by atoms with E-state index in [1.54, 1.807) is 0 Å². The molecule has 1 N–H and O–H groups in total. The largest absolute Gasteiger partial charge is 0.334 e. The molecular formula is C16H18N6O. The molecule has 0 amide bonds. The molecule has 1 aliphatic rings. The van der Waals surface area contributed by atoms with E-state index in [4.69, 9.17) is 4.52 Å². The van der Waals surface area contributed by atoms with Crippen LogP contribution in [0.5, 0.6) is 0 Å². The van der Waals surface area contributed by atoms with E-state index < -0.39 is 0 Å². The maximum Gasteiger partial charge on any atom is 0.257 e. The summed E-state index contributed by atoms with van der Waals surface area (Å²) in [5.74, 6) is 3.14. The van der Waals surface area contributed by atoms with Crippen molar-refractivity contribution in [3.63, 3.8) is 0 Å². The second kappa shape index (κ2) is 5.92. The van der Waals surface area contributed by atoms with Crippen LogP contribution in [0.2, 0.25) is 0 Å². The van der Waals surface area contributed by atoms with Crippen LogP contribution in [0.1, 0.15) is 23.9 Å². The van der Waals surface area contributed by atoms with Crippen LogP contribution in [-0.4, -0.2) is 30.9 Å². The minimum atomic E-state index is 0.349. The van der Waals surface area contributed by atoms with Gasteiger partial charge in [0.2, 0.25) is 0 Å². The lowest BCUT2D eigenvalue weighted by Crippen LogP contribution is -2.37. The van der Waals surface area contributed by atoms with Gasteiger partial charge in [-0.2, -0.15) is 10.1 Å². The van der Waals surface area contributed by atoms with Crippen LogP contribution in [0.25, 0.3) is 11.5 Å². The predicted octanol–water partition coefficient (Wildman–Crippen LogP) is 1.74. The average Bonchev–Trinajstić information content (AvgIpc) is 3.18. The second-order valence-corrected chi connectivity index (χ2v) is 5.76. The Morgan fingerprint density at radius 2 is 2.13 bits per heavy atom. The first-order valence-electron chi connectivity index (χ1n) is 7.79. The highest BCUT2D eigenvalue weighted by Crippen LogP contribution is 2.17. The van der Waals surface area contributed by atoms with Gasteiger partial charge in [0.25, 0.3) is 5.89 Å². The quantitative estimate of drug-likeness (QED) is 0.790. The third kappa shape index (κ3) is 3.00. The summed E-state index contributed by atoms with van der Waals surface area (Å²) < 4.78 is 7.31. The number of hydrogen-bond donors (Lipinski definition) is 1. The molecule has 1 aromatic carbocycles. The number of aryl methyl sites for hydroxylation is 2. The van der Waals surface area contributed by atoms with Gasteiger partial charge in [0.05, 0.1) is 13.1 Å². The van der Waals surface area contributed by atoms with Crippen molar-refractivity contribution in [3.05, 3.63) is 47.8 Å². The summed E-state index contributed by atoms with van der Waals surface area (Å²) in [4.78, 5) is 8.86. The minimum Gasteiger partial charge on any atom is -0.334 e. The zero-order valence-electron chi connectivity index (χ0n) is 12.9. The second-order valence-electron chi connectivity index (χ2n) is 5.76. The van der Waals surface area contributed by atoms with Gasteiger partial charge in [0.15, 0.2) is 5.82 Å². The average molecular weight is 310 g/mol. The Morgan fingerprint density at radius 1 is 1.26 bits per heavy atom. The molecule has 3 aromatic rings. The normalized spacial score (nSPS) is 17.2. The van der Waals surface area contributed by atoms with Gasteiger partial charge in [0, 0.05) is 18.0 Å². The maximum atomic E-state index is 5.32. The Hall–Kier alpha value is -2.54. The zero-order valence-corrected chi connectivity index (χ0v) is 12.9. The van der Waals surface area contributed by atoms with E-state index in [0.717, 1.165) is 36.6 Å². The third-order valence-corrected chi connectivity index (χ3v) is 4.00. The fourth-order valence-corrected chi connectivity index (χ4v) is 2.86. The van der Waals surface area contributed by atoms with E-state index in [0.29, 0.717) is 24.3 Å². The third-order valence-electron chi connectivity index (χ3n) is 4.00. The Kier molecular flexibility index (Phi) is 3.63. The Balaban J connectivity index is 1.38. The van der Waals surface area contributed by atoms with Crippen LogP contribution in [0.4, 0.5) is 0 Å². The van der Waals surface area contributed by atoms with Crippen LogP contribution in [-0.2, 0) is 19.5 Å². The number of aromatic nitrogens is 5. The lowest BCUT2D eigenvalue weighted by atomic mass is 10.1. The predicted molar refractivity (Wildman–Crippen MR) is 83.4 cm³/mol. The zero-order chi connectivity index (χ0) is 15.6. The highest BCUT2D eigenvalue weighted by molar-refractivity contribution is 5.51. The molecule has 0 unspecified atom stereocenters. The first kappa shape index (κ1) is 14.1. The molecule has 7 nitrogen and oxygen atoms in total. The number of rotatable bonds is 4. The Morgan fingerprint density at radius 3 is 3.00 bits per heavy atom. The molecule has 4 rings (SSSR count). The summed E-state index contributed by atoms with van der Waals surface area (Å²) in [6.07, 6.45) is 1.99. The maximum absolute atomic E-state index is 5.32. The number of nitrogens with zero attached hydrogens (tertiary/aromatic N) is 5. The molecule has 118 valence electrons. The molecule has 3 heterocycles. The molecule has 7 heteroatoms. The van der Waals surface area contributed by atoms with Gasteiger partial charge in [0.1, 0.15) is 11.6 Å². The van der Waals surface area contributed by atoms with Gasteiger partial charge in [-0.05, 0) is 25.5 Å². The van der Waals surface area contributed by atoms with Crippen molar-refractivity contribution in [2.45, 2.75) is 38.9 Å². The van der Waals surface area contributed by atoms with Gasteiger partial charge in [-0.15, -0.1) is 0 Å². The highest BCUT2D eigenvalue weighted by atomic mass is 16.5. The van der Waals surface area contributed by atoms with Gasteiger partial charge >= 0.3 is 0 Å². The molecule has 0 aliphatic carbocycles. The van der Waals surface area contributed by atoms with Crippen molar-refractivity contribution in [2.75, 3.05) is 0 Å². The van der Waals surface area contributed by atoms with Gasteiger partial charge < -0.3 is 9.84 Å². The number of hydrogen-bond acceptors (Lipinski definition) is 6. The van der Waals surface area contributed by atoms with Crippen LogP contribution < -0.4 is 5.32 Å². The summed E-state index contributed by atoms with van der Waals surface area (Å²) in [7, 11) is 0. The van der Waals surface area contributed by atoms with Gasteiger partial charge in [-0.25, -0.2) is 9.67 Å². The summed E-state index contributed by atoms with van der Waals surface area (Å²) >= 11 is 0. The van der Waals surface area contributed by atoms with Crippen molar-refractivity contribution >= 4 is 0 Å². The lowest BCUT2D eigenvalue weighted by molar-refractivity contribution is 0.350.